The van der Waals surface area contributed by atoms with Crippen LogP contribution >= 0.6 is 0 Å². The van der Waals surface area contributed by atoms with Crippen molar-refractivity contribution in [1.82, 2.24) is 4.57 Å². The Balaban J connectivity index is 1.50. The predicted octanol–water partition coefficient (Wildman–Crippen LogP) is 10.3. The van der Waals surface area contributed by atoms with Gasteiger partial charge in [-0.25, -0.2) is 4.57 Å². The van der Waals surface area contributed by atoms with Gasteiger partial charge in [-0.05, 0) is 109 Å². The van der Waals surface area contributed by atoms with Crippen LogP contribution in [0.3, 0.4) is 0 Å². The molecule has 0 radical (unpaired) electrons. The Morgan fingerprint density at radius 3 is 1.84 bits per heavy atom. The van der Waals surface area contributed by atoms with Crippen LogP contribution in [-0.2, 0) is 17.9 Å². The van der Waals surface area contributed by atoms with Gasteiger partial charge in [-0.2, -0.15) is 4.57 Å². The monoisotopic (exact) mass is 565 g/mol. The molecule has 0 unspecified atom stereocenters. The van der Waals surface area contributed by atoms with Gasteiger partial charge in [0.1, 0.15) is 5.69 Å². The molecule has 1 heterocycles. The lowest BCUT2D eigenvalue weighted by atomic mass is 9.53. The number of para-hydroxylation sites is 2. The maximum atomic E-state index is 2.71. The van der Waals surface area contributed by atoms with Gasteiger partial charge in [0.05, 0.1) is 12.6 Å². The summed E-state index contributed by atoms with van der Waals surface area (Å²) < 4.78 is 5.03. The van der Waals surface area contributed by atoms with Crippen LogP contribution in [-0.4, -0.2) is 4.57 Å². The zero-order valence-electron chi connectivity index (χ0n) is 26.0. The molecule has 5 aromatic rings. The fourth-order valence-electron chi connectivity index (χ4n) is 9.43. The summed E-state index contributed by atoms with van der Waals surface area (Å²) in [5, 5.41) is 0. The lowest BCUT2D eigenvalue weighted by molar-refractivity contribution is -0.633. The first-order chi connectivity index (χ1) is 21.1. The SMILES string of the molecule is Cc1ccccc1-c1n(-c2cc3c(cc2-c2ccccc2)C2(CCCCC2)CCC32CCCCC2)c2ccccc2[n+]1C. The lowest BCUT2D eigenvalue weighted by Crippen LogP contribution is -2.43. The standard InChI is InChI=1S/C41H45N2/c1-30-16-8-9-19-32(30)39-42(2)36-20-10-11-21-37(36)43(39)38-29-35-34(28-33(38)31-17-6-3-7-18-31)40(22-12-4-13-23-40)26-27-41(35)24-14-5-15-25-41/h3,6-11,16-21,28-29H,4-5,12-15,22-27H2,1-2H3/q+1. The fraction of sp³-hybridized carbons (Fsp3) is 0.390. The second-order valence-corrected chi connectivity index (χ2v) is 14.0. The van der Waals surface area contributed by atoms with Crippen molar-refractivity contribution < 1.29 is 4.57 Å². The summed E-state index contributed by atoms with van der Waals surface area (Å²) in [4.78, 5) is 0. The number of hydrogen-bond donors (Lipinski definition) is 0. The Morgan fingerprint density at radius 2 is 1.16 bits per heavy atom. The first kappa shape index (κ1) is 26.9. The van der Waals surface area contributed by atoms with Gasteiger partial charge in [-0.3, -0.25) is 0 Å². The highest BCUT2D eigenvalue weighted by Crippen LogP contribution is 2.58. The van der Waals surface area contributed by atoms with Gasteiger partial charge < -0.3 is 0 Å². The molecule has 0 N–H and O–H groups in total. The molecular weight excluding hydrogens is 520 g/mol. The van der Waals surface area contributed by atoms with Crippen LogP contribution in [0.25, 0.3) is 39.2 Å². The number of fused-ring (bicyclic) bond motifs is 4. The first-order valence-electron chi connectivity index (χ1n) is 16.9. The molecule has 8 rings (SSSR count). The van der Waals surface area contributed by atoms with Crippen molar-refractivity contribution in [3.8, 4) is 28.2 Å². The van der Waals surface area contributed by atoms with Gasteiger partial charge in [-0.15, -0.1) is 0 Å². The third-order valence-corrected chi connectivity index (χ3v) is 11.7. The third kappa shape index (κ3) is 4.24. The van der Waals surface area contributed by atoms with Crippen LogP contribution in [0.2, 0.25) is 0 Å². The molecule has 2 spiro atoms. The Bertz CT molecular complexity index is 1800. The van der Waals surface area contributed by atoms with Gasteiger partial charge in [-0.1, -0.05) is 99.2 Å². The number of aromatic nitrogens is 2. The Hall–Kier alpha value is -3.65. The highest BCUT2D eigenvalue weighted by Gasteiger charge is 2.48. The van der Waals surface area contributed by atoms with Crippen molar-refractivity contribution in [2.75, 3.05) is 0 Å². The van der Waals surface area contributed by atoms with Crippen LogP contribution in [0.5, 0.6) is 0 Å². The van der Waals surface area contributed by atoms with E-state index in [0.29, 0.717) is 10.8 Å². The van der Waals surface area contributed by atoms with Gasteiger partial charge in [0.15, 0.2) is 11.0 Å². The van der Waals surface area contributed by atoms with E-state index in [0.717, 1.165) is 0 Å². The van der Waals surface area contributed by atoms with E-state index >= 15 is 0 Å². The molecule has 0 bridgehead atoms. The first-order valence-corrected chi connectivity index (χ1v) is 16.9. The smallest absolute Gasteiger partial charge is 0.225 e. The quantitative estimate of drug-likeness (QED) is 0.192. The van der Waals surface area contributed by atoms with Crippen LogP contribution in [0.1, 0.15) is 93.7 Å². The van der Waals surface area contributed by atoms with Crippen molar-refractivity contribution >= 4 is 11.0 Å². The molecule has 3 aliphatic carbocycles. The number of nitrogens with zero attached hydrogens (tertiary/aromatic N) is 2. The van der Waals surface area contributed by atoms with Crippen molar-refractivity contribution in [3.05, 3.63) is 108 Å². The Labute approximate surface area is 257 Å². The molecular formula is C41H45N2+. The highest BCUT2D eigenvalue weighted by atomic mass is 15.2. The summed E-state index contributed by atoms with van der Waals surface area (Å²) >= 11 is 0. The summed E-state index contributed by atoms with van der Waals surface area (Å²) in [6.45, 7) is 2.26. The van der Waals surface area contributed by atoms with Crippen molar-refractivity contribution in [1.29, 1.82) is 0 Å². The van der Waals surface area contributed by atoms with Gasteiger partial charge in [0, 0.05) is 5.56 Å². The third-order valence-electron chi connectivity index (χ3n) is 11.7. The number of hydrogen-bond acceptors (Lipinski definition) is 0. The normalized spacial score (nSPS) is 19.1. The number of imidazole rings is 1. The van der Waals surface area contributed by atoms with E-state index in [-0.39, 0.29) is 0 Å². The minimum absolute atomic E-state index is 0.328. The largest absolute Gasteiger partial charge is 0.295 e. The van der Waals surface area contributed by atoms with E-state index in [1.54, 1.807) is 11.1 Å². The molecule has 43 heavy (non-hydrogen) atoms. The second kappa shape index (κ2) is 10.5. The van der Waals surface area contributed by atoms with Gasteiger partial charge in [0.25, 0.3) is 5.82 Å². The molecule has 0 amide bonds. The van der Waals surface area contributed by atoms with Crippen LogP contribution < -0.4 is 4.57 Å². The molecule has 0 aliphatic heterocycles. The molecule has 2 nitrogen and oxygen atoms in total. The minimum atomic E-state index is 0.328. The zero-order valence-corrected chi connectivity index (χ0v) is 26.0. The average Bonchev–Trinajstić information content (AvgIpc) is 3.36. The summed E-state index contributed by atoms with van der Waals surface area (Å²) in [7, 11) is 2.25. The molecule has 2 heteroatoms. The van der Waals surface area contributed by atoms with Crippen molar-refractivity contribution in [2.45, 2.75) is 94.8 Å². The molecule has 2 fully saturated rings. The van der Waals surface area contributed by atoms with Gasteiger partial charge >= 0.3 is 0 Å². The average molecular weight is 566 g/mol. The Kier molecular flexibility index (Phi) is 6.58. The maximum Gasteiger partial charge on any atom is 0.295 e. The highest BCUT2D eigenvalue weighted by molar-refractivity contribution is 5.85. The number of benzene rings is 4. The topological polar surface area (TPSA) is 8.81 Å². The van der Waals surface area contributed by atoms with Gasteiger partial charge in [0.2, 0.25) is 0 Å². The lowest BCUT2D eigenvalue weighted by Gasteiger charge is -2.51. The summed E-state index contributed by atoms with van der Waals surface area (Å²) in [5.41, 5.74) is 13.3. The number of aryl methyl sites for hydroxylation is 2. The van der Waals surface area contributed by atoms with Crippen molar-refractivity contribution in [2.24, 2.45) is 7.05 Å². The predicted molar refractivity (Wildman–Crippen MR) is 179 cm³/mol. The molecule has 0 saturated heterocycles. The van der Waals surface area contributed by atoms with Crippen LogP contribution in [0.15, 0.2) is 91.0 Å². The Morgan fingerprint density at radius 1 is 0.581 bits per heavy atom. The summed E-state index contributed by atoms with van der Waals surface area (Å²) in [5.74, 6) is 1.26. The molecule has 3 aliphatic rings. The fourth-order valence-corrected chi connectivity index (χ4v) is 9.43. The van der Waals surface area contributed by atoms with Crippen molar-refractivity contribution in [3.63, 3.8) is 0 Å². The molecule has 1 aromatic heterocycles. The molecule has 4 aromatic carbocycles. The van der Waals surface area contributed by atoms with E-state index in [1.165, 1.54) is 122 Å². The summed E-state index contributed by atoms with van der Waals surface area (Å²) in [6, 6.07) is 34.6. The van der Waals surface area contributed by atoms with E-state index < -0.39 is 0 Å². The minimum Gasteiger partial charge on any atom is -0.225 e. The zero-order chi connectivity index (χ0) is 29.0. The molecule has 218 valence electrons. The second-order valence-electron chi connectivity index (χ2n) is 14.0. The summed E-state index contributed by atoms with van der Waals surface area (Å²) in [6.07, 6.45) is 16.5. The van der Waals surface area contributed by atoms with E-state index in [4.69, 9.17) is 0 Å². The maximum absolute atomic E-state index is 2.71. The molecule has 0 atom stereocenters. The number of rotatable bonds is 3. The van der Waals surface area contributed by atoms with E-state index in [1.807, 2.05) is 0 Å². The van der Waals surface area contributed by atoms with E-state index in [9.17, 15) is 0 Å². The molecule has 2 saturated carbocycles. The van der Waals surface area contributed by atoms with E-state index in [2.05, 4.69) is 114 Å². The van der Waals surface area contributed by atoms with Crippen LogP contribution in [0, 0.1) is 6.92 Å². The van der Waals surface area contributed by atoms with Crippen LogP contribution in [0.4, 0.5) is 0 Å².